The van der Waals surface area contributed by atoms with Crippen LogP contribution < -0.4 is 5.32 Å². The number of benzene rings is 1. The zero-order valence-electron chi connectivity index (χ0n) is 10.3. The van der Waals surface area contributed by atoms with Gasteiger partial charge in [-0.25, -0.2) is 0 Å². The molecular weight excluding hydrogens is 242 g/mol. The minimum Gasteiger partial charge on any atom is -0.334 e. The Hall–Kier alpha value is -1.55. The van der Waals surface area contributed by atoms with Gasteiger partial charge in [-0.05, 0) is 18.6 Å². The molecule has 0 aliphatic carbocycles. The highest BCUT2D eigenvalue weighted by Gasteiger charge is 2.18. The van der Waals surface area contributed by atoms with Crippen LogP contribution in [-0.4, -0.2) is 21.9 Å². The van der Waals surface area contributed by atoms with Crippen LogP contribution >= 0.6 is 11.8 Å². The highest BCUT2D eigenvalue weighted by molar-refractivity contribution is 8.15. The number of fused-ring (bicyclic) bond motifs is 1. The Bertz CT molecular complexity index is 589. The number of hydrogen-bond donors (Lipinski definition) is 1. The third-order valence-electron chi connectivity index (χ3n) is 3.09. The van der Waals surface area contributed by atoms with Gasteiger partial charge in [0.05, 0.1) is 6.54 Å². The number of pyridine rings is 1. The number of rotatable bonds is 2. The number of thioether (sulfide) groups is 1. The zero-order valence-corrected chi connectivity index (χ0v) is 11.1. The lowest BCUT2D eigenvalue weighted by atomic mass is 10.1. The Balaban J connectivity index is 1.87. The Morgan fingerprint density at radius 1 is 1.39 bits per heavy atom. The van der Waals surface area contributed by atoms with Gasteiger partial charge in [-0.2, -0.15) is 0 Å². The number of nitrogens with one attached hydrogen (secondary N) is 1. The summed E-state index contributed by atoms with van der Waals surface area (Å²) in [7, 11) is 0. The summed E-state index contributed by atoms with van der Waals surface area (Å²) in [6.45, 7) is 3.13. The SMILES string of the molecule is CCC1CN=C(Nc2cccc3cnccc23)S1. The van der Waals surface area contributed by atoms with Crippen molar-refractivity contribution in [1.82, 2.24) is 4.98 Å². The van der Waals surface area contributed by atoms with Gasteiger partial charge in [0, 0.05) is 34.1 Å². The fraction of sp³-hybridized carbons (Fsp3) is 0.286. The molecule has 0 spiro atoms. The highest BCUT2D eigenvalue weighted by atomic mass is 32.2. The van der Waals surface area contributed by atoms with Gasteiger partial charge >= 0.3 is 0 Å². The first-order valence-electron chi connectivity index (χ1n) is 6.17. The first kappa shape index (κ1) is 11.5. The molecule has 2 heterocycles. The molecule has 1 aromatic carbocycles. The van der Waals surface area contributed by atoms with Crippen molar-refractivity contribution in [1.29, 1.82) is 0 Å². The molecular formula is C14H15N3S. The third-order valence-corrected chi connectivity index (χ3v) is 4.36. The largest absolute Gasteiger partial charge is 0.334 e. The lowest BCUT2D eigenvalue weighted by Crippen LogP contribution is -2.07. The van der Waals surface area contributed by atoms with E-state index in [2.05, 4.69) is 34.3 Å². The van der Waals surface area contributed by atoms with E-state index in [9.17, 15) is 0 Å². The molecule has 3 rings (SSSR count). The second-order valence-electron chi connectivity index (χ2n) is 4.32. The molecule has 0 saturated carbocycles. The molecule has 0 radical (unpaired) electrons. The topological polar surface area (TPSA) is 37.3 Å². The molecule has 0 saturated heterocycles. The van der Waals surface area contributed by atoms with Crippen molar-refractivity contribution in [3.63, 3.8) is 0 Å². The van der Waals surface area contributed by atoms with Gasteiger partial charge in [-0.1, -0.05) is 30.8 Å². The molecule has 0 amide bonds. The Morgan fingerprint density at radius 2 is 2.33 bits per heavy atom. The first-order chi connectivity index (χ1) is 8.86. The van der Waals surface area contributed by atoms with Crippen LogP contribution in [0.1, 0.15) is 13.3 Å². The summed E-state index contributed by atoms with van der Waals surface area (Å²) in [4.78, 5) is 8.69. The van der Waals surface area contributed by atoms with Crippen LogP contribution in [0.4, 0.5) is 5.69 Å². The molecule has 1 aliphatic rings. The van der Waals surface area contributed by atoms with Crippen molar-refractivity contribution in [3.8, 4) is 0 Å². The normalized spacial score (nSPS) is 18.9. The minimum atomic E-state index is 0.629. The highest BCUT2D eigenvalue weighted by Crippen LogP contribution is 2.27. The van der Waals surface area contributed by atoms with Gasteiger partial charge < -0.3 is 5.32 Å². The second-order valence-corrected chi connectivity index (χ2v) is 5.61. The molecule has 0 fully saturated rings. The molecule has 3 nitrogen and oxygen atoms in total. The average Bonchev–Trinajstić information content (AvgIpc) is 2.87. The fourth-order valence-electron chi connectivity index (χ4n) is 2.05. The lowest BCUT2D eigenvalue weighted by molar-refractivity contribution is 0.844. The number of aromatic nitrogens is 1. The molecule has 4 heteroatoms. The predicted octanol–water partition coefficient (Wildman–Crippen LogP) is 3.53. The van der Waals surface area contributed by atoms with Crippen molar-refractivity contribution in [3.05, 3.63) is 36.7 Å². The molecule has 1 unspecified atom stereocenters. The van der Waals surface area contributed by atoms with Crippen LogP contribution in [0, 0.1) is 0 Å². The number of amidine groups is 1. The summed E-state index contributed by atoms with van der Waals surface area (Å²) in [6.07, 6.45) is 4.88. The standard InChI is InChI=1S/C14H15N3S/c1-2-11-9-16-14(18-11)17-13-5-3-4-10-8-15-7-6-12(10)13/h3-8,11H,2,9H2,1H3,(H,16,17). The number of nitrogens with zero attached hydrogens (tertiary/aromatic N) is 2. The van der Waals surface area contributed by atoms with Crippen molar-refractivity contribution in [2.75, 3.05) is 11.9 Å². The van der Waals surface area contributed by atoms with E-state index in [1.807, 2.05) is 36.3 Å². The molecule has 1 aliphatic heterocycles. The maximum Gasteiger partial charge on any atom is 0.161 e. The first-order valence-corrected chi connectivity index (χ1v) is 7.05. The van der Waals surface area contributed by atoms with Crippen LogP contribution in [-0.2, 0) is 0 Å². The lowest BCUT2D eigenvalue weighted by Gasteiger charge is -2.09. The van der Waals surface area contributed by atoms with Crippen molar-refractivity contribution in [2.24, 2.45) is 4.99 Å². The third kappa shape index (κ3) is 2.20. The van der Waals surface area contributed by atoms with Gasteiger partial charge in [-0.15, -0.1) is 0 Å². The maximum absolute atomic E-state index is 4.54. The molecule has 2 aromatic rings. The Kier molecular flexibility index (Phi) is 3.19. The summed E-state index contributed by atoms with van der Waals surface area (Å²) in [5.74, 6) is 0. The number of hydrogen-bond acceptors (Lipinski definition) is 4. The van der Waals surface area contributed by atoms with Gasteiger partial charge in [0.1, 0.15) is 0 Å². The quantitative estimate of drug-likeness (QED) is 0.894. The van der Waals surface area contributed by atoms with Crippen LogP contribution in [0.25, 0.3) is 10.8 Å². The number of anilines is 1. The molecule has 1 atom stereocenters. The summed E-state index contributed by atoms with van der Waals surface area (Å²) in [5, 5.41) is 7.44. The van der Waals surface area contributed by atoms with Gasteiger partial charge in [0.2, 0.25) is 0 Å². The van der Waals surface area contributed by atoms with Gasteiger partial charge in [-0.3, -0.25) is 9.98 Å². The van der Waals surface area contributed by atoms with Gasteiger partial charge in [0.25, 0.3) is 0 Å². The molecule has 92 valence electrons. The average molecular weight is 257 g/mol. The van der Waals surface area contributed by atoms with Crippen LogP contribution in [0.2, 0.25) is 0 Å². The molecule has 1 N–H and O–H groups in total. The van der Waals surface area contributed by atoms with E-state index < -0.39 is 0 Å². The Morgan fingerprint density at radius 3 is 3.17 bits per heavy atom. The monoisotopic (exact) mass is 257 g/mol. The summed E-state index contributed by atoms with van der Waals surface area (Å²) >= 11 is 1.84. The van der Waals surface area contributed by atoms with E-state index in [1.54, 1.807) is 0 Å². The van der Waals surface area contributed by atoms with Crippen LogP contribution in [0.5, 0.6) is 0 Å². The van der Waals surface area contributed by atoms with Gasteiger partial charge in [0.15, 0.2) is 5.17 Å². The minimum absolute atomic E-state index is 0.629. The molecule has 0 bridgehead atoms. The van der Waals surface area contributed by atoms with E-state index in [1.165, 1.54) is 11.8 Å². The van der Waals surface area contributed by atoms with E-state index in [4.69, 9.17) is 0 Å². The van der Waals surface area contributed by atoms with Crippen LogP contribution in [0.3, 0.4) is 0 Å². The van der Waals surface area contributed by atoms with E-state index in [-0.39, 0.29) is 0 Å². The van der Waals surface area contributed by atoms with Crippen LogP contribution in [0.15, 0.2) is 41.7 Å². The summed E-state index contributed by atoms with van der Waals surface area (Å²) in [5.41, 5.74) is 1.11. The van der Waals surface area contributed by atoms with E-state index >= 15 is 0 Å². The van der Waals surface area contributed by atoms with Crippen molar-refractivity contribution < 1.29 is 0 Å². The fourth-order valence-corrected chi connectivity index (χ4v) is 2.99. The molecule has 1 aromatic heterocycles. The predicted molar refractivity (Wildman–Crippen MR) is 79.3 cm³/mol. The smallest absolute Gasteiger partial charge is 0.161 e. The van der Waals surface area contributed by atoms with E-state index in [0.29, 0.717) is 5.25 Å². The van der Waals surface area contributed by atoms with Crippen molar-refractivity contribution >= 4 is 33.4 Å². The van der Waals surface area contributed by atoms with Crippen molar-refractivity contribution in [2.45, 2.75) is 18.6 Å². The Labute approximate surface area is 111 Å². The maximum atomic E-state index is 4.54. The second kappa shape index (κ2) is 4.98. The number of aliphatic imine (C=N–C) groups is 1. The van der Waals surface area contributed by atoms with E-state index in [0.717, 1.165) is 22.8 Å². The summed E-state index contributed by atoms with van der Waals surface area (Å²) in [6, 6.07) is 8.25. The zero-order chi connectivity index (χ0) is 12.4. The molecule has 18 heavy (non-hydrogen) atoms. The summed E-state index contributed by atoms with van der Waals surface area (Å²) < 4.78 is 0.